The minimum atomic E-state index is -3.77. The minimum absolute atomic E-state index is 0.0115. The van der Waals surface area contributed by atoms with E-state index in [-0.39, 0.29) is 101 Å². The highest BCUT2D eigenvalue weighted by Gasteiger charge is 2.29. The number of carbonyl (C=O) groups excluding carboxylic acids is 2. The van der Waals surface area contributed by atoms with Gasteiger partial charge in [0, 0.05) is 84.3 Å². The van der Waals surface area contributed by atoms with Crippen molar-refractivity contribution in [3.8, 4) is 0 Å². The topological polar surface area (TPSA) is 194 Å². The normalized spacial score (nSPS) is 16.6. The van der Waals surface area contributed by atoms with Gasteiger partial charge in [0.15, 0.2) is 0 Å². The van der Waals surface area contributed by atoms with Crippen LogP contribution in [0.15, 0.2) is 82.6 Å². The van der Waals surface area contributed by atoms with Gasteiger partial charge in [-0.1, -0.05) is 70.7 Å². The summed E-state index contributed by atoms with van der Waals surface area (Å²) in [5.41, 5.74) is 6.02. The Morgan fingerprint density at radius 1 is 0.529 bits per heavy atom. The molecule has 16 nitrogen and oxygen atoms in total. The third-order valence-electron chi connectivity index (χ3n) is 11.3. The lowest BCUT2D eigenvalue weighted by Gasteiger charge is -2.33. The van der Waals surface area contributed by atoms with Gasteiger partial charge in [-0.2, -0.15) is 0 Å². The predicted molar refractivity (Wildman–Crippen MR) is 262 cm³/mol. The third-order valence-corrected chi connectivity index (χ3v) is 15.3. The molecule has 0 radical (unpaired) electrons. The van der Waals surface area contributed by atoms with Gasteiger partial charge in [0.25, 0.3) is 0 Å². The van der Waals surface area contributed by atoms with Crippen LogP contribution in [-0.2, 0) is 61.7 Å². The number of benzene rings is 4. The molecule has 2 aliphatic rings. The van der Waals surface area contributed by atoms with Crippen molar-refractivity contribution in [3.05, 3.63) is 126 Å². The maximum Gasteiger partial charge on any atom is 0.309 e. The number of carbonyl (C=O) groups is 2. The Morgan fingerprint density at radius 2 is 0.868 bits per heavy atom. The van der Waals surface area contributed by atoms with Crippen LogP contribution < -0.4 is 20.1 Å². The predicted octanol–water partition coefficient (Wildman–Crippen LogP) is 5.01. The SMILES string of the molecule is CN1Cc2c(Cl)cc(Cl)cc2C(c2ccc(S(=O)(=O)NCCOCCOCCNC(=O)C(=O)NCCOCCOCCNS(=O)(=O)c3ccc(C4CN(C)Cc5c(Cl)cc(Cl)cc54)cc3)cc2)C1. The van der Waals surface area contributed by atoms with Gasteiger partial charge < -0.3 is 39.4 Å². The molecule has 0 saturated carbocycles. The molecule has 68 heavy (non-hydrogen) atoms. The van der Waals surface area contributed by atoms with E-state index in [1.165, 1.54) is 0 Å². The molecular weight excluding hydrogens is 1000 g/mol. The van der Waals surface area contributed by atoms with E-state index in [1.807, 2.05) is 50.5 Å². The minimum Gasteiger partial charge on any atom is -0.378 e. The van der Waals surface area contributed by atoms with Gasteiger partial charge in [-0.3, -0.25) is 9.59 Å². The Kier molecular flexibility index (Phi) is 20.3. The first-order valence-corrected chi connectivity index (χ1v) is 26.4. The number of halogens is 4. The van der Waals surface area contributed by atoms with Crippen LogP contribution in [0.4, 0.5) is 0 Å². The van der Waals surface area contributed by atoms with Crippen molar-refractivity contribution in [1.29, 1.82) is 0 Å². The highest BCUT2D eigenvalue weighted by molar-refractivity contribution is 7.89. The molecule has 0 fully saturated rings. The average molecular weight is 1060 g/mol. The molecule has 0 aliphatic carbocycles. The number of fused-ring (bicyclic) bond motifs is 2. The molecule has 2 unspecified atom stereocenters. The summed E-state index contributed by atoms with van der Waals surface area (Å²) in [5.74, 6) is -1.67. The average Bonchev–Trinajstić information content (AvgIpc) is 3.30. The lowest BCUT2D eigenvalue weighted by atomic mass is 9.85. The highest BCUT2D eigenvalue weighted by atomic mass is 35.5. The van der Waals surface area contributed by atoms with E-state index in [1.54, 1.807) is 36.4 Å². The zero-order valence-corrected chi connectivity index (χ0v) is 42.4. The summed E-state index contributed by atoms with van der Waals surface area (Å²) in [5, 5.41) is 7.26. The van der Waals surface area contributed by atoms with Gasteiger partial charge in [-0.15, -0.1) is 0 Å². The molecule has 22 heteroatoms. The summed E-state index contributed by atoms with van der Waals surface area (Å²) < 4.78 is 78.5. The molecule has 2 aliphatic heterocycles. The summed E-state index contributed by atoms with van der Waals surface area (Å²) in [6.07, 6.45) is 0. The molecule has 0 saturated heterocycles. The Bertz CT molecular complexity index is 2400. The molecular formula is C46H56Cl4N6O10S2. The van der Waals surface area contributed by atoms with Crippen molar-refractivity contribution in [2.75, 3.05) is 106 Å². The van der Waals surface area contributed by atoms with E-state index in [9.17, 15) is 26.4 Å². The zero-order chi connectivity index (χ0) is 48.8. The van der Waals surface area contributed by atoms with Crippen molar-refractivity contribution >= 4 is 78.3 Å². The van der Waals surface area contributed by atoms with Gasteiger partial charge in [-0.25, -0.2) is 26.3 Å². The summed E-state index contributed by atoms with van der Waals surface area (Å²) >= 11 is 25.6. The third kappa shape index (κ3) is 15.3. The molecule has 4 aromatic carbocycles. The van der Waals surface area contributed by atoms with E-state index < -0.39 is 31.9 Å². The number of rotatable bonds is 24. The fraction of sp³-hybridized carbons (Fsp3) is 0.435. The number of amides is 2. The quantitative estimate of drug-likeness (QED) is 0.0543. The van der Waals surface area contributed by atoms with Crippen LogP contribution in [0, 0.1) is 0 Å². The number of likely N-dealkylation sites (N-methyl/N-ethyl adjacent to an activating group) is 2. The fourth-order valence-electron chi connectivity index (χ4n) is 7.96. The van der Waals surface area contributed by atoms with E-state index in [4.69, 9.17) is 65.4 Å². The molecule has 2 amide bonds. The maximum absolute atomic E-state index is 12.9. The molecule has 370 valence electrons. The van der Waals surface area contributed by atoms with Crippen molar-refractivity contribution in [3.63, 3.8) is 0 Å². The van der Waals surface area contributed by atoms with Crippen LogP contribution >= 0.6 is 46.4 Å². The molecule has 0 spiro atoms. The largest absolute Gasteiger partial charge is 0.378 e. The lowest BCUT2D eigenvalue weighted by Crippen LogP contribution is -2.42. The summed E-state index contributed by atoms with van der Waals surface area (Å²) in [6, 6.07) is 20.9. The Morgan fingerprint density at radius 3 is 1.22 bits per heavy atom. The van der Waals surface area contributed by atoms with Crippen molar-refractivity contribution < 1.29 is 45.4 Å². The molecule has 6 rings (SSSR count). The Labute approximate surface area is 418 Å². The van der Waals surface area contributed by atoms with Gasteiger partial charge in [0.05, 0.1) is 62.6 Å². The monoisotopic (exact) mass is 1060 g/mol. The standard InChI is InChI=1S/C46H56Cl4N6O10S2/c1-55-27-39(37-23-33(47)25-43(49)41(37)29-55)31-3-7-35(8-4-31)67(59,60)53-13-17-65-21-19-63-15-11-51-45(57)46(58)52-12-16-64-20-22-66-18-14-54-68(61,62)36-9-5-32(6-10-36)40-28-56(2)30-42-38(40)24-34(48)26-44(42)50/h3-10,23-26,39-40,53-54H,11-22,27-30H2,1-2H3,(H,51,57)(H,52,58). The molecule has 4 aromatic rings. The van der Waals surface area contributed by atoms with E-state index in [0.29, 0.717) is 33.2 Å². The number of nitrogens with one attached hydrogen (secondary N) is 4. The summed E-state index contributed by atoms with van der Waals surface area (Å²) in [6.45, 7) is 4.45. The van der Waals surface area contributed by atoms with E-state index >= 15 is 0 Å². The number of hydrogen-bond donors (Lipinski definition) is 4. The fourth-order valence-corrected chi connectivity index (χ4v) is 11.1. The van der Waals surface area contributed by atoms with Crippen LogP contribution in [0.2, 0.25) is 20.1 Å². The number of hydrogen-bond acceptors (Lipinski definition) is 12. The van der Waals surface area contributed by atoms with E-state index in [0.717, 1.165) is 46.5 Å². The Balaban J connectivity index is 0.746. The highest BCUT2D eigenvalue weighted by Crippen LogP contribution is 2.40. The second-order valence-electron chi connectivity index (χ2n) is 16.3. The van der Waals surface area contributed by atoms with Crippen LogP contribution in [0.3, 0.4) is 0 Å². The van der Waals surface area contributed by atoms with E-state index in [2.05, 4.69) is 29.9 Å². The van der Waals surface area contributed by atoms with Crippen molar-refractivity contribution in [2.45, 2.75) is 34.7 Å². The van der Waals surface area contributed by atoms with Crippen LogP contribution in [-0.4, -0.2) is 145 Å². The first-order valence-electron chi connectivity index (χ1n) is 21.9. The molecule has 2 atom stereocenters. The number of sulfonamides is 2. The molecule has 0 aromatic heterocycles. The lowest BCUT2D eigenvalue weighted by molar-refractivity contribution is -0.139. The zero-order valence-electron chi connectivity index (χ0n) is 37.7. The van der Waals surface area contributed by atoms with Crippen LogP contribution in [0.1, 0.15) is 45.2 Å². The maximum atomic E-state index is 12.9. The second kappa shape index (κ2) is 25.6. The van der Waals surface area contributed by atoms with Gasteiger partial charge in [0.2, 0.25) is 20.0 Å². The number of nitrogens with zero attached hydrogens (tertiary/aromatic N) is 2. The van der Waals surface area contributed by atoms with Crippen LogP contribution in [0.25, 0.3) is 0 Å². The van der Waals surface area contributed by atoms with Crippen molar-refractivity contribution in [2.24, 2.45) is 0 Å². The molecule has 2 heterocycles. The molecule has 4 N–H and O–H groups in total. The van der Waals surface area contributed by atoms with Gasteiger partial charge in [0.1, 0.15) is 0 Å². The first kappa shape index (κ1) is 53.9. The summed E-state index contributed by atoms with van der Waals surface area (Å²) in [4.78, 5) is 28.8. The first-order chi connectivity index (χ1) is 32.5. The van der Waals surface area contributed by atoms with Gasteiger partial charge >= 0.3 is 11.8 Å². The summed E-state index contributed by atoms with van der Waals surface area (Å²) in [7, 11) is -3.51. The number of ether oxygens (including phenoxy) is 4. The van der Waals surface area contributed by atoms with Gasteiger partial charge in [-0.05, 0) is 96.0 Å². The van der Waals surface area contributed by atoms with Crippen LogP contribution in [0.5, 0.6) is 0 Å². The second-order valence-corrected chi connectivity index (χ2v) is 21.5. The smallest absolute Gasteiger partial charge is 0.309 e. The van der Waals surface area contributed by atoms with Crippen molar-refractivity contribution in [1.82, 2.24) is 29.9 Å². The molecule has 0 bridgehead atoms. The Hall–Kier alpha value is -3.44.